The minimum atomic E-state index is 0.740. The van der Waals surface area contributed by atoms with Gasteiger partial charge in [-0.05, 0) is 43.7 Å². The molecule has 120 valence electrons. The first-order valence-corrected chi connectivity index (χ1v) is 8.51. The van der Waals surface area contributed by atoms with Gasteiger partial charge in [0, 0.05) is 26.9 Å². The van der Waals surface area contributed by atoms with Crippen molar-refractivity contribution in [2.75, 3.05) is 40.0 Å². The summed E-state index contributed by atoms with van der Waals surface area (Å²) in [6.45, 7) is 9.41. The maximum Gasteiger partial charge on any atom is 0.0487 e. The zero-order chi connectivity index (χ0) is 14.6. The molecule has 0 aromatic carbocycles. The lowest BCUT2D eigenvalue weighted by molar-refractivity contribution is 0.0874. The van der Waals surface area contributed by atoms with Crippen LogP contribution in [-0.4, -0.2) is 40.0 Å². The molecular formula is C17H35NO2. The monoisotopic (exact) mass is 285 g/mol. The summed E-state index contributed by atoms with van der Waals surface area (Å²) in [5.74, 6) is 2.47. The Bertz CT molecular complexity index is 215. The average Bonchev–Trinajstić information content (AvgIpc) is 2.94. The van der Waals surface area contributed by atoms with Gasteiger partial charge >= 0.3 is 0 Å². The first-order valence-electron chi connectivity index (χ1n) is 8.51. The highest BCUT2D eigenvalue weighted by Crippen LogP contribution is 2.32. The summed E-state index contributed by atoms with van der Waals surface area (Å²) in [6.07, 6.45) is 7.94. The number of rotatable bonds is 12. The molecule has 1 atom stereocenters. The number of nitrogens with one attached hydrogen (secondary N) is 1. The van der Waals surface area contributed by atoms with Crippen molar-refractivity contribution >= 4 is 0 Å². The standard InChI is InChI=1S/C17H35NO2/c1-15(2)13-18-14-17(16-7-4-5-8-16)9-12-20-11-6-10-19-3/h15-18H,4-14H2,1-3H3. The summed E-state index contributed by atoms with van der Waals surface area (Å²) in [6, 6.07) is 0. The van der Waals surface area contributed by atoms with Crippen LogP contribution in [0.3, 0.4) is 0 Å². The van der Waals surface area contributed by atoms with Crippen LogP contribution in [0.2, 0.25) is 0 Å². The highest BCUT2D eigenvalue weighted by atomic mass is 16.5. The van der Waals surface area contributed by atoms with E-state index in [1.165, 1.54) is 38.6 Å². The Balaban J connectivity index is 2.16. The molecule has 0 heterocycles. The first-order chi connectivity index (χ1) is 9.74. The van der Waals surface area contributed by atoms with Crippen LogP contribution < -0.4 is 5.32 Å². The van der Waals surface area contributed by atoms with Gasteiger partial charge in [0.2, 0.25) is 0 Å². The van der Waals surface area contributed by atoms with Crippen LogP contribution in [0.15, 0.2) is 0 Å². The molecule has 20 heavy (non-hydrogen) atoms. The topological polar surface area (TPSA) is 30.5 Å². The Morgan fingerprint density at radius 3 is 2.45 bits per heavy atom. The molecule has 0 radical (unpaired) electrons. The van der Waals surface area contributed by atoms with E-state index in [1.54, 1.807) is 7.11 Å². The molecule has 0 aliphatic heterocycles. The van der Waals surface area contributed by atoms with Crippen LogP contribution in [0.4, 0.5) is 0 Å². The van der Waals surface area contributed by atoms with E-state index < -0.39 is 0 Å². The van der Waals surface area contributed by atoms with Gasteiger partial charge in [0.1, 0.15) is 0 Å². The molecule has 0 saturated heterocycles. The molecule has 1 aliphatic rings. The van der Waals surface area contributed by atoms with Crippen LogP contribution in [0.5, 0.6) is 0 Å². The van der Waals surface area contributed by atoms with Crippen molar-refractivity contribution < 1.29 is 9.47 Å². The van der Waals surface area contributed by atoms with Gasteiger partial charge in [-0.1, -0.05) is 39.5 Å². The second-order valence-corrected chi connectivity index (χ2v) is 6.60. The van der Waals surface area contributed by atoms with Gasteiger partial charge in [-0.3, -0.25) is 0 Å². The first kappa shape index (κ1) is 17.9. The Kier molecular flexibility index (Phi) is 10.3. The fourth-order valence-electron chi connectivity index (χ4n) is 3.13. The highest BCUT2D eigenvalue weighted by molar-refractivity contribution is 4.77. The zero-order valence-electron chi connectivity index (χ0n) is 13.8. The quantitative estimate of drug-likeness (QED) is 0.557. The van der Waals surface area contributed by atoms with Crippen molar-refractivity contribution in [2.24, 2.45) is 17.8 Å². The van der Waals surface area contributed by atoms with Crippen LogP contribution >= 0.6 is 0 Å². The van der Waals surface area contributed by atoms with E-state index >= 15 is 0 Å². The second kappa shape index (κ2) is 11.5. The molecule has 0 bridgehead atoms. The van der Waals surface area contributed by atoms with Crippen molar-refractivity contribution in [2.45, 2.75) is 52.4 Å². The van der Waals surface area contributed by atoms with E-state index in [4.69, 9.17) is 9.47 Å². The number of ether oxygens (including phenoxy) is 2. The van der Waals surface area contributed by atoms with E-state index in [2.05, 4.69) is 19.2 Å². The van der Waals surface area contributed by atoms with Crippen molar-refractivity contribution in [3.63, 3.8) is 0 Å². The minimum Gasteiger partial charge on any atom is -0.385 e. The SMILES string of the molecule is COCCCOCCC(CNCC(C)C)C1CCCC1. The van der Waals surface area contributed by atoms with Crippen molar-refractivity contribution in [3.05, 3.63) is 0 Å². The molecule has 1 fully saturated rings. The molecular weight excluding hydrogens is 250 g/mol. The lowest BCUT2D eigenvalue weighted by atomic mass is 9.88. The Labute approximate surface area is 125 Å². The Morgan fingerprint density at radius 2 is 1.80 bits per heavy atom. The van der Waals surface area contributed by atoms with Gasteiger partial charge in [0.25, 0.3) is 0 Å². The maximum atomic E-state index is 5.75. The minimum absolute atomic E-state index is 0.740. The number of hydrogen-bond donors (Lipinski definition) is 1. The van der Waals surface area contributed by atoms with Gasteiger partial charge in [0.15, 0.2) is 0 Å². The number of hydrogen-bond acceptors (Lipinski definition) is 3. The summed E-state index contributed by atoms with van der Waals surface area (Å²) in [5.41, 5.74) is 0. The van der Waals surface area contributed by atoms with Gasteiger partial charge in [-0.25, -0.2) is 0 Å². The summed E-state index contributed by atoms with van der Waals surface area (Å²) in [5, 5.41) is 3.65. The number of methoxy groups -OCH3 is 1. The molecule has 1 unspecified atom stereocenters. The lowest BCUT2D eigenvalue weighted by Crippen LogP contribution is -2.30. The fourth-order valence-corrected chi connectivity index (χ4v) is 3.13. The van der Waals surface area contributed by atoms with Crippen LogP contribution in [0, 0.1) is 17.8 Å². The molecule has 1 aliphatic carbocycles. The molecule has 3 nitrogen and oxygen atoms in total. The lowest BCUT2D eigenvalue weighted by Gasteiger charge is -2.24. The molecule has 1 saturated carbocycles. The summed E-state index contributed by atoms with van der Waals surface area (Å²) < 4.78 is 10.8. The molecule has 1 rings (SSSR count). The largest absolute Gasteiger partial charge is 0.385 e. The average molecular weight is 285 g/mol. The van der Waals surface area contributed by atoms with Gasteiger partial charge in [-0.15, -0.1) is 0 Å². The van der Waals surface area contributed by atoms with E-state index in [0.29, 0.717) is 0 Å². The summed E-state index contributed by atoms with van der Waals surface area (Å²) >= 11 is 0. The van der Waals surface area contributed by atoms with Crippen LogP contribution in [-0.2, 0) is 9.47 Å². The third kappa shape index (κ3) is 8.23. The summed E-state index contributed by atoms with van der Waals surface area (Å²) in [4.78, 5) is 0. The zero-order valence-corrected chi connectivity index (χ0v) is 13.8. The smallest absolute Gasteiger partial charge is 0.0487 e. The fraction of sp³-hybridized carbons (Fsp3) is 1.00. The third-order valence-corrected chi connectivity index (χ3v) is 4.30. The molecule has 0 spiro atoms. The predicted molar refractivity (Wildman–Crippen MR) is 85.1 cm³/mol. The Morgan fingerprint density at radius 1 is 1.05 bits per heavy atom. The van der Waals surface area contributed by atoms with Crippen LogP contribution in [0.25, 0.3) is 0 Å². The molecule has 1 N–H and O–H groups in total. The normalized spacial score (nSPS) is 18.0. The van der Waals surface area contributed by atoms with E-state index in [-0.39, 0.29) is 0 Å². The molecule has 0 amide bonds. The summed E-state index contributed by atoms with van der Waals surface area (Å²) in [7, 11) is 1.75. The van der Waals surface area contributed by atoms with Crippen molar-refractivity contribution in [1.29, 1.82) is 0 Å². The van der Waals surface area contributed by atoms with Gasteiger partial charge in [-0.2, -0.15) is 0 Å². The predicted octanol–water partition coefficient (Wildman–Crippen LogP) is 3.48. The Hall–Kier alpha value is -0.120. The van der Waals surface area contributed by atoms with E-state index in [1.807, 2.05) is 0 Å². The van der Waals surface area contributed by atoms with Crippen molar-refractivity contribution in [3.8, 4) is 0 Å². The van der Waals surface area contributed by atoms with Crippen molar-refractivity contribution in [1.82, 2.24) is 5.32 Å². The van der Waals surface area contributed by atoms with E-state index in [0.717, 1.165) is 50.5 Å². The molecule has 0 aromatic heterocycles. The highest BCUT2D eigenvalue weighted by Gasteiger charge is 2.24. The third-order valence-electron chi connectivity index (χ3n) is 4.30. The van der Waals surface area contributed by atoms with E-state index in [9.17, 15) is 0 Å². The maximum absolute atomic E-state index is 5.75. The van der Waals surface area contributed by atoms with Crippen LogP contribution in [0.1, 0.15) is 52.4 Å². The van der Waals surface area contributed by atoms with Gasteiger partial charge < -0.3 is 14.8 Å². The van der Waals surface area contributed by atoms with Gasteiger partial charge in [0.05, 0.1) is 0 Å². The second-order valence-electron chi connectivity index (χ2n) is 6.60. The molecule has 3 heteroatoms. The molecule has 0 aromatic rings.